The molecule has 236 valence electrons. The van der Waals surface area contributed by atoms with Crippen LogP contribution in [0.1, 0.15) is 109 Å². The van der Waals surface area contributed by atoms with Gasteiger partial charge in [-0.2, -0.15) is 0 Å². The lowest BCUT2D eigenvalue weighted by Crippen LogP contribution is -2.49. The molecule has 2 aromatic rings. The second-order valence-electron chi connectivity index (χ2n) is 17.3. The Bertz CT molecular complexity index is 1260. The first-order valence-electron chi connectivity index (χ1n) is 17.3. The Hall–Kier alpha value is -1.63. The van der Waals surface area contributed by atoms with Crippen LogP contribution < -0.4 is 4.43 Å². The minimum Gasteiger partial charge on any atom is -0.547 e. The second-order valence-corrected chi connectivity index (χ2v) is 24.4. The summed E-state index contributed by atoms with van der Waals surface area (Å²) in [7, 11) is -3.16. The zero-order chi connectivity index (χ0) is 31.2. The molecule has 4 aliphatic rings. The van der Waals surface area contributed by atoms with E-state index < -0.39 is 17.4 Å². The number of aryl methyl sites for hydroxylation is 1. The van der Waals surface area contributed by atoms with Gasteiger partial charge in [-0.05, 0) is 128 Å². The molecule has 0 unspecified atom stereocenters. The van der Waals surface area contributed by atoms with Crippen LogP contribution in [0.25, 0.3) is 5.57 Å². The summed E-state index contributed by atoms with van der Waals surface area (Å²) in [4.78, 5) is 0. The van der Waals surface area contributed by atoms with E-state index in [2.05, 4.69) is 116 Å². The van der Waals surface area contributed by atoms with Crippen molar-refractivity contribution in [3.05, 3.63) is 70.8 Å². The van der Waals surface area contributed by atoms with Crippen molar-refractivity contribution in [2.75, 3.05) is 6.61 Å². The minimum atomic E-state index is -1.85. The molecule has 4 fully saturated rings. The standard InChI is InChI=1S/C39H60O2Si2/c1-37(2,3)34-20-19-32(17-14-18-33(31-15-12-11-13-16-31)27-40-43(9,10)38(4,5)6)36(41-42(7)8)35(34)39-24-28-21-29(25-39)23-30(22-28)26-39/h11-13,15-16,18-20,28-30,42H,14,17,21-27H2,1-10H3/b33-18+. The van der Waals surface area contributed by atoms with Crippen molar-refractivity contribution in [3.8, 4) is 5.75 Å². The summed E-state index contributed by atoms with van der Waals surface area (Å²) in [5, 5.41) is 0.199. The summed E-state index contributed by atoms with van der Waals surface area (Å²) >= 11 is 0. The largest absolute Gasteiger partial charge is 0.547 e. The van der Waals surface area contributed by atoms with Gasteiger partial charge in [0.1, 0.15) is 5.75 Å². The summed E-state index contributed by atoms with van der Waals surface area (Å²) in [6, 6.07) is 15.8. The molecule has 0 atom stereocenters. The van der Waals surface area contributed by atoms with Crippen molar-refractivity contribution in [1.29, 1.82) is 0 Å². The van der Waals surface area contributed by atoms with Gasteiger partial charge in [-0.3, -0.25) is 0 Å². The fourth-order valence-corrected chi connectivity index (χ4v) is 10.2. The predicted molar refractivity (Wildman–Crippen MR) is 190 cm³/mol. The lowest BCUT2D eigenvalue weighted by molar-refractivity contribution is -0.00662. The van der Waals surface area contributed by atoms with E-state index in [-0.39, 0.29) is 10.5 Å². The van der Waals surface area contributed by atoms with Crippen LogP contribution >= 0.6 is 0 Å². The molecule has 0 N–H and O–H groups in total. The van der Waals surface area contributed by atoms with Gasteiger partial charge in [-0.15, -0.1) is 0 Å². The van der Waals surface area contributed by atoms with E-state index in [4.69, 9.17) is 8.85 Å². The molecule has 0 heterocycles. The maximum Gasteiger partial charge on any atom is 0.229 e. The van der Waals surface area contributed by atoms with Crippen LogP contribution in [0.5, 0.6) is 5.75 Å². The third-order valence-corrected chi connectivity index (χ3v) is 16.5. The van der Waals surface area contributed by atoms with Crippen LogP contribution in [0.4, 0.5) is 0 Å². The Balaban J connectivity index is 1.50. The first kappa shape index (κ1) is 32.8. The summed E-state index contributed by atoms with van der Waals surface area (Å²) in [5.41, 5.74) is 7.62. The summed E-state index contributed by atoms with van der Waals surface area (Å²) in [5.74, 6) is 4.06. The van der Waals surface area contributed by atoms with Crippen LogP contribution in [0.15, 0.2) is 48.5 Å². The van der Waals surface area contributed by atoms with Gasteiger partial charge in [-0.25, -0.2) is 0 Å². The highest BCUT2D eigenvalue weighted by atomic mass is 28.4. The molecule has 0 aromatic heterocycles. The van der Waals surface area contributed by atoms with Crippen molar-refractivity contribution >= 4 is 22.9 Å². The van der Waals surface area contributed by atoms with Gasteiger partial charge in [0.2, 0.25) is 9.04 Å². The first-order chi connectivity index (χ1) is 20.1. The van der Waals surface area contributed by atoms with Crippen molar-refractivity contribution < 1.29 is 8.85 Å². The molecular formula is C39H60O2Si2. The van der Waals surface area contributed by atoms with E-state index in [0.29, 0.717) is 12.0 Å². The Labute approximate surface area is 266 Å². The van der Waals surface area contributed by atoms with E-state index in [0.717, 1.165) is 30.6 Å². The van der Waals surface area contributed by atoms with Crippen molar-refractivity contribution in [1.82, 2.24) is 0 Å². The summed E-state index contributed by atoms with van der Waals surface area (Å²) in [6.07, 6.45) is 13.0. The lowest BCUT2D eigenvalue weighted by atomic mass is 9.47. The normalized spacial score (nSPS) is 25.9. The SMILES string of the molecule is C[SiH](C)Oc1c(CC/C=C(\CO[Si](C)(C)C(C)(C)C)c2ccccc2)ccc(C(C)(C)C)c1C12CC3CC(CC(C3)C1)C2. The third-order valence-electron chi connectivity index (χ3n) is 11.3. The van der Waals surface area contributed by atoms with E-state index in [1.165, 1.54) is 61.0 Å². The van der Waals surface area contributed by atoms with E-state index in [1.54, 1.807) is 11.1 Å². The maximum absolute atomic E-state index is 7.07. The first-order valence-corrected chi connectivity index (χ1v) is 23.0. The quantitative estimate of drug-likeness (QED) is 0.247. The predicted octanol–water partition coefficient (Wildman–Crippen LogP) is 10.9. The fraction of sp³-hybridized carbons (Fsp3) is 0.641. The number of benzene rings is 2. The van der Waals surface area contributed by atoms with Gasteiger partial charge < -0.3 is 8.85 Å². The van der Waals surface area contributed by atoms with Crippen molar-refractivity contribution in [2.45, 2.75) is 135 Å². The highest BCUT2D eigenvalue weighted by Crippen LogP contribution is 2.63. The Kier molecular flexibility index (Phi) is 9.36. The molecule has 4 saturated carbocycles. The molecule has 4 bridgehead atoms. The maximum atomic E-state index is 7.07. The molecule has 4 aliphatic carbocycles. The molecule has 0 radical (unpaired) electrons. The average Bonchev–Trinajstić information content (AvgIpc) is 2.89. The van der Waals surface area contributed by atoms with Crippen LogP contribution in [-0.4, -0.2) is 24.0 Å². The van der Waals surface area contributed by atoms with E-state index in [9.17, 15) is 0 Å². The van der Waals surface area contributed by atoms with Gasteiger partial charge in [0.05, 0.1) is 6.61 Å². The molecular weight excluding hydrogens is 557 g/mol. The van der Waals surface area contributed by atoms with Gasteiger partial charge >= 0.3 is 0 Å². The van der Waals surface area contributed by atoms with Gasteiger partial charge in [0.25, 0.3) is 0 Å². The fourth-order valence-electron chi connectivity index (χ4n) is 8.55. The highest BCUT2D eigenvalue weighted by Gasteiger charge is 2.54. The van der Waals surface area contributed by atoms with Crippen LogP contribution in [-0.2, 0) is 21.7 Å². The molecule has 6 rings (SSSR count). The van der Waals surface area contributed by atoms with Crippen molar-refractivity contribution in [3.63, 3.8) is 0 Å². The number of hydrogen-bond acceptors (Lipinski definition) is 2. The molecule has 0 saturated heterocycles. The van der Waals surface area contributed by atoms with Crippen molar-refractivity contribution in [2.24, 2.45) is 17.8 Å². The molecule has 2 nitrogen and oxygen atoms in total. The molecule has 4 heteroatoms. The minimum absolute atomic E-state index is 0.106. The smallest absolute Gasteiger partial charge is 0.229 e. The third kappa shape index (κ3) is 7.12. The molecule has 0 spiro atoms. The van der Waals surface area contributed by atoms with E-state index >= 15 is 0 Å². The number of allylic oxidation sites excluding steroid dienone is 1. The number of hydrogen-bond donors (Lipinski definition) is 0. The summed E-state index contributed by atoms with van der Waals surface area (Å²) < 4.78 is 13.8. The van der Waals surface area contributed by atoms with Gasteiger partial charge in [0.15, 0.2) is 8.32 Å². The van der Waals surface area contributed by atoms with Crippen LogP contribution in [0, 0.1) is 17.8 Å². The van der Waals surface area contributed by atoms with Crippen LogP contribution in [0.3, 0.4) is 0 Å². The van der Waals surface area contributed by atoms with E-state index in [1.807, 2.05) is 0 Å². The topological polar surface area (TPSA) is 18.5 Å². The molecule has 0 aliphatic heterocycles. The van der Waals surface area contributed by atoms with Gasteiger partial charge in [-0.1, -0.05) is 90.1 Å². The highest BCUT2D eigenvalue weighted by molar-refractivity contribution is 6.74. The monoisotopic (exact) mass is 616 g/mol. The zero-order valence-corrected chi connectivity index (χ0v) is 31.3. The Morgan fingerprint density at radius 1 is 0.884 bits per heavy atom. The molecule has 0 amide bonds. The number of rotatable bonds is 10. The second kappa shape index (κ2) is 12.3. The summed E-state index contributed by atoms with van der Waals surface area (Å²) in [6.45, 7) is 24.3. The molecule has 2 aromatic carbocycles. The van der Waals surface area contributed by atoms with Crippen LogP contribution in [0.2, 0.25) is 31.2 Å². The Morgan fingerprint density at radius 3 is 1.98 bits per heavy atom. The lowest BCUT2D eigenvalue weighted by Gasteiger charge is -2.58. The average molecular weight is 617 g/mol. The zero-order valence-electron chi connectivity index (χ0n) is 29.1. The Morgan fingerprint density at radius 2 is 1.47 bits per heavy atom. The van der Waals surface area contributed by atoms with Gasteiger partial charge in [0, 0.05) is 11.0 Å². The molecule has 43 heavy (non-hydrogen) atoms.